The van der Waals surface area contributed by atoms with E-state index >= 15 is 0 Å². The molecular weight excluding hydrogens is 376 g/mol. The van der Waals surface area contributed by atoms with Gasteiger partial charge in [0.15, 0.2) is 11.4 Å². The smallest absolute Gasteiger partial charge is 0.215 e. The van der Waals surface area contributed by atoms with E-state index < -0.39 is 0 Å². The third-order valence-corrected chi connectivity index (χ3v) is 5.20. The molecule has 3 heterocycles. The summed E-state index contributed by atoms with van der Waals surface area (Å²) >= 11 is 0. The van der Waals surface area contributed by atoms with Crippen LogP contribution >= 0.6 is 0 Å². The average molecular weight is 400 g/mol. The second-order valence-corrected chi connectivity index (χ2v) is 7.53. The van der Waals surface area contributed by atoms with E-state index in [1.807, 2.05) is 69.4 Å². The summed E-state index contributed by atoms with van der Waals surface area (Å²) in [7, 11) is 1.87. The Morgan fingerprint density at radius 1 is 1.13 bits per heavy atom. The van der Waals surface area contributed by atoms with Crippen molar-refractivity contribution in [2.75, 3.05) is 6.61 Å². The van der Waals surface area contributed by atoms with E-state index in [4.69, 9.17) is 4.74 Å². The summed E-state index contributed by atoms with van der Waals surface area (Å²) < 4.78 is 7.50. The molecule has 0 aliphatic heterocycles. The Kier molecular flexibility index (Phi) is 5.57. The molecule has 0 N–H and O–H groups in total. The fourth-order valence-electron chi connectivity index (χ4n) is 3.64. The lowest BCUT2D eigenvalue weighted by atomic mass is 9.97. The number of carbonyl (C=O) groups is 1. The number of carbonyl (C=O) groups excluding carboxylic acids is 1. The third-order valence-electron chi connectivity index (χ3n) is 5.20. The van der Waals surface area contributed by atoms with Crippen molar-refractivity contribution in [3.63, 3.8) is 0 Å². The zero-order valence-electron chi connectivity index (χ0n) is 17.4. The summed E-state index contributed by atoms with van der Waals surface area (Å²) in [4.78, 5) is 21.0. The van der Waals surface area contributed by atoms with Gasteiger partial charge in [0.1, 0.15) is 12.3 Å². The highest BCUT2D eigenvalue weighted by molar-refractivity contribution is 5.94. The number of benzene rings is 1. The molecule has 1 unspecified atom stereocenters. The van der Waals surface area contributed by atoms with Crippen molar-refractivity contribution in [1.82, 2.24) is 19.7 Å². The summed E-state index contributed by atoms with van der Waals surface area (Å²) in [5.74, 6) is 0.591. The van der Waals surface area contributed by atoms with Gasteiger partial charge in [0, 0.05) is 37.5 Å². The van der Waals surface area contributed by atoms with Gasteiger partial charge in [0.05, 0.1) is 5.39 Å². The molecule has 0 aliphatic rings. The number of Topliss-reactive ketones (excluding diaryl/α,β-unsaturated/α-hetero) is 1. The second kappa shape index (κ2) is 8.45. The highest BCUT2D eigenvalue weighted by Crippen LogP contribution is 2.31. The van der Waals surface area contributed by atoms with Gasteiger partial charge in [-0.3, -0.25) is 9.78 Å². The molecule has 0 radical (unpaired) electrons. The lowest BCUT2D eigenvalue weighted by molar-refractivity contribution is -0.121. The quantitative estimate of drug-likeness (QED) is 0.457. The van der Waals surface area contributed by atoms with Crippen LogP contribution in [0, 0.1) is 6.92 Å². The van der Waals surface area contributed by atoms with Crippen molar-refractivity contribution in [3.8, 4) is 17.1 Å². The number of hydrogen-bond acceptors (Lipinski definition) is 5. The maximum absolute atomic E-state index is 12.4. The predicted octanol–water partition coefficient (Wildman–Crippen LogP) is 4.48. The Morgan fingerprint density at radius 3 is 2.60 bits per heavy atom. The molecule has 0 saturated carbocycles. The Balaban J connectivity index is 1.50. The van der Waals surface area contributed by atoms with Crippen LogP contribution in [0.15, 0.2) is 60.9 Å². The average Bonchev–Trinajstić information content (AvgIpc) is 3.10. The van der Waals surface area contributed by atoms with Crippen LogP contribution in [0.4, 0.5) is 0 Å². The number of aromatic nitrogens is 4. The van der Waals surface area contributed by atoms with Gasteiger partial charge in [-0.05, 0) is 36.1 Å². The largest absolute Gasteiger partial charge is 0.470 e. The standard InChI is InChI=1S/C24H24N4O2/c1-16(18-9-11-25-12-10-18)13-20(29)15-30-21-14-17(2)22-23(19-7-5-4-6-8-19)27-28(3)24(22)26-21/h4-12,14,16H,13,15H2,1-3H3. The summed E-state index contributed by atoms with van der Waals surface area (Å²) in [6.07, 6.45) is 3.90. The van der Waals surface area contributed by atoms with Crippen LogP contribution in [0.1, 0.15) is 30.4 Å². The molecule has 6 nitrogen and oxygen atoms in total. The van der Waals surface area contributed by atoms with Crippen LogP contribution in [-0.2, 0) is 11.8 Å². The first kappa shape index (κ1) is 19.8. The van der Waals surface area contributed by atoms with Crippen molar-refractivity contribution in [2.24, 2.45) is 7.05 Å². The van der Waals surface area contributed by atoms with Gasteiger partial charge >= 0.3 is 0 Å². The van der Waals surface area contributed by atoms with Crippen molar-refractivity contribution in [2.45, 2.75) is 26.2 Å². The molecule has 0 bridgehead atoms. The zero-order valence-corrected chi connectivity index (χ0v) is 17.4. The molecule has 4 rings (SSSR count). The van der Waals surface area contributed by atoms with E-state index in [1.165, 1.54) is 0 Å². The van der Waals surface area contributed by atoms with Crippen LogP contribution < -0.4 is 4.74 Å². The lowest BCUT2D eigenvalue weighted by Gasteiger charge is -2.11. The molecule has 152 valence electrons. The molecule has 30 heavy (non-hydrogen) atoms. The van der Waals surface area contributed by atoms with Crippen molar-refractivity contribution in [1.29, 1.82) is 0 Å². The molecule has 0 aliphatic carbocycles. The Hall–Kier alpha value is -3.54. The first-order valence-electron chi connectivity index (χ1n) is 9.97. The normalized spacial score (nSPS) is 12.1. The van der Waals surface area contributed by atoms with Gasteiger partial charge in [-0.25, -0.2) is 4.68 Å². The molecule has 1 aromatic carbocycles. The summed E-state index contributed by atoms with van der Waals surface area (Å²) in [5.41, 5.74) is 4.78. The van der Waals surface area contributed by atoms with Gasteiger partial charge in [0.2, 0.25) is 5.88 Å². The molecule has 3 aromatic heterocycles. The SMILES string of the molecule is Cc1cc(OCC(=O)CC(C)c2ccncc2)nc2c1c(-c1ccccc1)nn2C. The van der Waals surface area contributed by atoms with Gasteiger partial charge < -0.3 is 4.74 Å². The van der Waals surface area contributed by atoms with Gasteiger partial charge in [-0.15, -0.1) is 0 Å². The van der Waals surface area contributed by atoms with Crippen LogP contribution in [0.2, 0.25) is 0 Å². The Morgan fingerprint density at radius 2 is 1.87 bits per heavy atom. The fraction of sp³-hybridized carbons (Fsp3) is 0.250. The molecule has 0 fully saturated rings. The Bertz CT molecular complexity index is 1170. The van der Waals surface area contributed by atoms with Crippen LogP contribution in [0.25, 0.3) is 22.3 Å². The highest BCUT2D eigenvalue weighted by Gasteiger charge is 2.17. The molecule has 1 atom stereocenters. The molecule has 0 saturated heterocycles. The van der Waals surface area contributed by atoms with Gasteiger partial charge in [0.25, 0.3) is 0 Å². The first-order chi connectivity index (χ1) is 14.5. The minimum atomic E-state index is -0.00321. The fourth-order valence-corrected chi connectivity index (χ4v) is 3.64. The zero-order chi connectivity index (χ0) is 21.1. The number of hydrogen-bond donors (Lipinski definition) is 0. The van der Waals surface area contributed by atoms with Crippen molar-refractivity contribution < 1.29 is 9.53 Å². The number of ether oxygens (including phenoxy) is 1. The third kappa shape index (κ3) is 4.08. The van der Waals surface area contributed by atoms with E-state index in [-0.39, 0.29) is 18.3 Å². The second-order valence-electron chi connectivity index (χ2n) is 7.53. The molecular formula is C24H24N4O2. The topological polar surface area (TPSA) is 69.9 Å². The maximum Gasteiger partial charge on any atom is 0.215 e. The highest BCUT2D eigenvalue weighted by atomic mass is 16.5. The number of fused-ring (bicyclic) bond motifs is 1. The number of ketones is 1. The van der Waals surface area contributed by atoms with E-state index in [9.17, 15) is 4.79 Å². The first-order valence-corrected chi connectivity index (χ1v) is 9.97. The molecule has 6 heteroatoms. The maximum atomic E-state index is 12.4. The number of pyridine rings is 2. The summed E-state index contributed by atoms with van der Waals surface area (Å²) in [6, 6.07) is 15.8. The van der Waals surface area contributed by atoms with Crippen LogP contribution in [-0.4, -0.2) is 32.1 Å². The Labute approximate surface area is 175 Å². The minimum absolute atomic E-state index is 0.00321. The number of aryl methyl sites for hydroxylation is 2. The molecule has 0 spiro atoms. The monoisotopic (exact) mass is 400 g/mol. The lowest BCUT2D eigenvalue weighted by Crippen LogP contribution is -2.14. The predicted molar refractivity (Wildman–Crippen MR) is 116 cm³/mol. The minimum Gasteiger partial charge on any atom is -0.470 e. The van der Waals surface area contributed by atoms with Crippen LogP contribution in [0.5, 0.6) is 5.88 Å². The van der Waals surface area contributed by atoms with E-state index in [1.54, 1.807) is 17.1 Å². The van der Waals surface area contributed by atoms with Gasteiger partial charge in [-0.2, -0.15) is 10.1 Å². The number of nitrogens with zero attached hydrogens (tertiary/aromatic N) is 4. The van der Waals surface area contributed by atoms with E-state index in [0.717, 1.165) is 33.4 Å². The van der Waals surface area contributed by atoms with Gasteiger partial charge in [-0.1, -0.05) is 37.3 Å². The molecule has 4 aromatic rings. The molecule has 0 amide bonds. The van der Waals surface area contributed by atoms with E-state index in [2.05, 4.69) is 15.1 Å². The van der Waals surface area contributed by atoms with Crippen molar-refractivity contribution in [3.05, 3.63) is 72.1 Å². The number of rotatable bonds is 7. The summed E-state index contributed by atoms with van der Waals surface area (Å²) in [5, 5.41) is 5.65. The van der Waals surface area contributed by atoms with Crippen molar-refractivity contribution >= 4 is 16.8 Å². The van der Waals surface area contributed by atoms with E-state index in [0.29, 0.717) is 12.3 Å². The summed E-state index contributed by atoms with van der Waals surface area (Å²) in [6.45, 7) is 4.04. The van der Waals surface area contributed by atoms with Crippen LogP contribution in [0.3, 0.4) is 0 Å².